The number of morpholine rings is 1. The summed E-state index contributed by atoms with van der Waals surface area (Å²) in [6.07, 6.45) is 1.46. The summed E-state index contributed by atoms with van der Waals surface area (Å²) in [5, 5.41) is 0. The van der Waals surface area contributed by atoms with Crippen LogP contribution in [0.2, 0.25) is 0 Å². The highest BCUT2D eigenvalue weighted by molar-refractivity contribution is 5.93. The molecule has 0 aliphatic carbocycles. The molecular weight excluding hydrogens is 262 g/mol. The summed E-state index contributed by atoms with van der Waals surface area (Å²) >= 11 is 0. The first kappa shape index (κ1) is 14.3. The second-order valence-electron chi connectivity index (χ2n) is 4.47. The summed E-state index contributed by atoms with van der Waals surface area (Å²) in [4.78, 5) is 29.3. The second-order valence-corrected chi connectivity index (χ2v) is 4.47. The van der Waals surface area contributed by atoms with Crippen LogP contribution in [0, 0.1) is 6.92 Å². The molecule has 0 radical (unpaired) electrons. The lowest BCUT2D eigenvalue weighted by Crippen LogP contribution is -2.42. The number of nitrogens with zero attached hydrogens (tertiary/aromatic N) is 2. The fourth-order valence-corrected chi connectivity index (χ4v) is 1.86. The Hall–Kier alpha value is -2.15. The Morgan fingerprint density at radius 2 is 2.15 bits per heavy atom. The van der Waals surface area contributed by atoms with Gasteiger partial charge in [0.05, 0.1) is 36.4 Å². The summed E-state index contributed by atoms with van der Waals surface area (Å²) in [6.45, 7) is 3.47. The molecule has 1 aliphatic rings. The average Bonchev–Trinajstić information content (AvgIpc) is 2.47. The van der Waals surface area contributed by atoms with E-state index in [9.17, 15) is 9.59 Å². The highest BCUT2D eigenvalue weighted by Gasteiger charge is 2.19. The Bertz CT molecular complexity index is 512. The van der Waals surface area contributed by atoms with Gasteiger partial charge in [0.2, 0.25) is 0 Å². The summed E-state index contributed by atoms with van der Waals surface area (Å²) in [7, 11) is 0. The van der Waals surface area contributed by atoms with Crippen LogP contribution in [0.15, 0.2) is 12.3 Å². The van der Waals surface area contributed by atoms with E-state index in [0.29, 0.717) is 37.7 Å². The molecule has 20 heavy (non-hydrogen) atoms. The summed E-state index contributed by atoms with van der Waals surface area (Å²) in [6, 6.07) is 1.49. The molecule has 2 rings (SSSR count). The number of pyridine rings is 1. The number of anilines is 1. The SMILES string of the molecule is Cc1ncc(N)cc1C(=O)OCC(=O)N1CCOCC1. The van der Waals surface area contributed by atoms with E-state index in [1.54, 1.807) is 11.8 Å². The van der Waals surface area contributed by atoms with E-state index in [-0.39, 0.29) is 18.1 Å². The van der Waals surface area contributed by atoms with Gasteiger partial charge < -0.3 is 20.1 Å². The zero-order chi connectivity index (χ0) is 14.5. The molecule has 1 aliphatic heterocycles. The van der Waals surface area contributed by atoms with Crippen molar-refractivity contribution in [3.8, 4) is 0 Å². The fourth-order valence-electron chi connectivity index (χ4n) is 1.86. The average molecular weight is 279 g/mol. The van der Waals surface area contributed by atoms with Crippen molar-refractivity contribution in [1.29, 1.82) is 0 Å². The molecule has 1 aromatic rings. The van der Waals surface area contributed by atoms with Gasteiger partial charge in [-0.25, -0.2) is 4.79 Å². The Balaban J connectivity index is 1.91. The minimum atomic E-state index is -0.594. The third-order valence-corrected chi connectivity index (χ3v) is 3.02. The van der Waals surface area contributed by atoms with Gasteiger partial charge in [0.1, 0.15) is 0 Å². The van der Waals surface area contributed by atoms with Crippen molar-refractivity contribution in [2.75, 3.05) is 38.6 Å². The zero-order valence-electron chi connectivity index (χ0n) is 11.3. The fraction of sp³-hybridized carbons (Fsp3) is 0.462. The van der Waals surface area contributed by atoms with Gasteiger partial charge >= 0.3 is 5.97 Å². The molecule has 2 heterocycles. The van der Waals surface area contributed by atoms with Crippen LogP contribution in [-0.2, 0) is 14.3 Å². The predicted octanol–water partition coefficient (Wildman–Crippen LogP) is -0.0122. The summed E-state index contributed by atoms with van der Waals surface area (Å²) in [5.41, 5.74) is 6.75. The Morgan fingerprint density at radius 1 is 1.45 bits per heavy atom. The van der Waals surface area contributed by atoms with Crippen LogP contribution in [0.1, 0.15) is 16.1 Å². The molecule has 0 saturated carbocycles. The largest absolute Gasteiger partial charge is 0.452 e. The van der Waals surface area contributed by atoms with Crippen LogP contribution in [0.5, 0.6) is 0 Å². The summed E-state index contributed by atoms with van der Waals surface area (Å²) in [5.74, 6) is -0.819. The maximum absolute atomic E-state index is 11.9. The van der Waals surface area contributed by atoms with Crippen LogP contribution < -0.4 is 5.73 Å². The minimum Gasteiger partial charge on any atom is -0.452 e. The number of ether oxygens (including phenoxy) is 2. The number of nitrogens with two attached hydrogens (primary N) is 1. The van der Waals surface area contributed by atoms with Crippen LogP contribution in [0.25, 0.3) is 0 Å². The number of aryl methyl sites for hydroxylation is 1. The van der Waals surface area contributed by atoms with Gasteiger partial charge in [0.25, 0.3) is 5.91 Å². The molecule has 7 nitrogen and oxygen atoms in total. The molecule has 1 saturated heterocycles. The maximum Gasteiger partial charge on any atom is 0.340 e. The van der Waals surface area contributed by atoms with Crippen molar-refractivity contribution >= 4 is 17.6 Å². The normalized spacial score (nSPS) is 14.9. The van der Waals surface area contributed by atoms with Gasteiger partial charge in [-0.05, 0) is 13.0 Å². The molecule has 108 valence electrons. The molecule has 0 aromatic carbocycles. The van der Waals surface area contributed by atoms with E-state index in [1.165, 1.54) is 12.3 Å². The number of carbonyl (C=O) groups is 2. The number of esters is 1. The van der Waals surface area contributed by atoms with Crippen LogP contribution in [0.3, 0.4) is 0 Å². The lowest BCUT2D eigenvalue weighted by Gasteiger charge is -2.26. The molecule has 1 aromatic heterocycles. The first-order chi connectivity index (χ1) is 9.58. The molecule has 0 spiro atoms. The molecule has 1 amide bonds. The first-order valence-electron chi connectivity index (χ1n) is 6.32. The van der Waals surface area contributed by atoms with Crippen LogP contribution >= 0.6 is 0 Å². The van der Waals surface area contributed by atoms with E-state index in [4.69, 9.17) is 15.2 Å². The zero-order valence-corrected chi connectivity index (χ0v) is 11.3. The quantitative estimate of drug-likeness (QED) is 0.782. The smallest absolute Gasteiger partial charge is 0.340 e. The molecule has 0 bridgehead atoms. The van der Waals surface area contributed by atoms with Crippen molar-refractivity contribution in [3.05, 3.63) is 23.5 Å². The minimum absolute atomic E-state index is 0.226. The van der Waals surface area contributed by atoms with Crippen LogP contribution in [0.4, 0.5) is 5.69 Å². The standard InChI is InChI=1S/C13H17N3O4/c1-9-11(6-10(14)7-15-9)13(18)20-8-12(17)16-2-4-19-5-3-16/h6-7H,2-5,8,14H2,1H3. The van der Waals surface area contributed by atoms with E-state index >= 15 is 0 Å². The first-order valence-corrected chi connectivity index (χ1v) is 6.32. The summed E-state index contributed by atoms with van der Waals surface area (Å²) < 4.78 is 10.2. The molecule has 0 unspecified atom stereocenters. The van der Waals surface area contributed by atoms with Crippen molar-refractivity contribution < 1.29 is 19.1 Å². The number of nitrogen functional groups attached to an aromatic ring is 1. The third kappa shape index (κ3) is 3.45. The van der Waals surface area contributed by atoms with E-state index < -0.39 is 5.97 Å². The van der Waals surface area contributed by atoms with Crippen molar-refractivity contribution in [1.82, 2.24) is 9.88 Å². The molecular formula is C13H17N3O4. The van der Waals surface area contributed by atoms with Gasteiger partial charge in [0.15, 0.2) is 6.61 Å². The third-order valence-electron chi connectivity index (χ3n) is 3.02. The van der Waals surface area contributed by atoms with E-state index in [1.807, 2.05) is 0 Å². The topological polar surface area (TPSA) is 94.8 Å². The maximum atomic E-state index is 11.9. The number of hydrogen-bond donors (Lipinski definition) is 1. The Kier molecular flexibility index (Phi) is 4.52. The molecule has 1 fully saturated rings. The van der Waals surface area contributed by atoms with Crippen molar-refractivity contribution in [3.63, 3.8) is 0 Å². The molecule has 7 heteroatoms. The Labute approximate surface area is 116 Å². The van der Waals surface area contributed by atoms with E-state index in [2.05, 4.69) is 4.98 Å². The van der Waals surface area contributed by atoms with Gasteiger partial charge in [-0.2, -0.15) is 0 Å². The van der Waals surface area contributed by atoms with Crippen molar-refractivity contribution in [2.45, 2.75) is 6.92 Å². The monoisotopic (exact) mass is 279 g/mol. The highest BCUT2D eigenvalue weighted by atomic mass is 16.5. The van der Waals surface area contributed by atoms with Gasteiger partial charge in [-0.3, -0.25) is 9.78 Å². The van der Waals surface area contributed by atoms with Gasteiger partial charge in [0, 0.05) is 13.1 Å². The van der Waals surface area contributed by atoms with Crippen LogP contribution in [-0.4, -0.2) is 54.7 Å². The Morgan fingerprint density at radius 3 is 2.85 bits per heavy atom. The number of aromatic nitrogens is 1. The highest BCUT2D eigenvalue weighted by Crippen LogP contribution is 2.11. The molecule has 2 N–H and O–H groups in total. The lowest BCUT2D eigenvalue weighted by molar-refractivity contribution is -0.138. The predicted molar refractivity (Wildman–Crippen MR) is 71.1 cm³/mol. The number of hydrogen-bond acceptors (Lipinski definition) is 6. The van der Waals surface area contributed by atoms with Gasteiger partial charge in [-0.15, -0.1) is 0 Å². The molecule has 0 atom stereocenters. The number of carbonyl (C=O) groups excluding carboxylic acids is 2. The van der Waals surface area contributed by atoms with Crippen molar-refractivity contribution in [2.24, 2.45) is 0 Å². The number of rotatable bonds is 3. The second kappa shape index (κ2) is 6.33. The van der Waals surface area contributed by atoms with E-state index in [0.717, 1.165) is 0 Å². The van der Waals surface area contributed by atoms with Gasteiger partial charge in [-0.1, -0.05) is 0 Å². The number of amides is 1. The lowest BCUT2D eigenvalue weighted by atomic mass is 10.2.